The fourth-order valence-electron chi connectivity index (χ4n) is 2.09. The molecule has 0 aliphatic carbocycles. The molecule has 0 fully saturated rings. The molecule has 0 heterocycles. The fourth-order valence-corrected chi connectivity index (χ4v) is 2.28. The van der Waals surface area contributed by atoms with Gasteiger partial charge in [0.1, 0.15) is 0 Å². The summed E-state index contributed by atoms with van der Waals surface area (Å²) < 4.78 is 0. The summed E-state index contributed by atoms with van der Waals surface area (Å²) in [6.45, 7) is 2.24. The minimum Gasteiger partial charge on any atom is -0.127 e. The SMILES string of the molecule is CCCC/C=C/C=C\CCCCCCCCCCCl. The van der Waals surface area contributed by atoms with Crippen LogP contribution in [0.1, 0.15) is 84.0 Å². The highest BCUT2D eigenvalue weighted by Gasteiger charge is 1.91. The number of rotatable bonds is 14. The van der Waals surface area contributed by atoms with E-state index in [0.29, 0.717) is 0 Å². The number of unbranched alkanes of at least 4 members (excludes halogenated alkanes) is 10. The number of alkyl halides is 1. The van der Waals surface area contributed by atoms with Crippen LogP contribution in [0.2, 0.25) is 0 Å². The normalized spacial score (nSPS) is 11.9. The third-order valence-electron chi connectivity index (χ3n) is 3.36. The van der Waals surface area contributed by atoms with Crippen molar-refractivity contribution in [3.63, 3.8) is 0 Å². The average molecular weight is 285 g/mol. The van der Waals surface area contributed by atoms with Gasteiger partial charge in [-0.3, -0.25) is 0 Å². The number of hydrogen-bond donors (Lipinski definition) is 0. The number of allylic oxidation sites excluding steroid dienone is 4. The van der Waals surface area contributed by atoms with E-state index in [0.717, 1.165) is 5.88 Å². The molecule has 112 valence electrons. The molecule has 1 heteroatoms. The van der Waals surface area contributed by atoms with Crippen LogP contribution in [0.25, 0.3) is 0 Å². The van der Waals surface area contributed by atoms with Gasteiger partial charge in [-0.05, 0) is 25.7 Å². The van der Waals surface area contributed by atoms with E-state index >= 15 is 0 Å². The summed E-state index contributed by atoms with van der Waals surface area (Å²) in [6.07, 6.45) is 24.9. The van der Waals surface area contributed by atoms with E-state index in [9.17, 15) is 0 Å². The van der Waals surface area contributed by atoms with Gasteiger partial charge in [-0.1, -0.05) is 82.6 Å². The Morgan fingerprint density at radius 2 is 1.11 bits per heavy atom. The van der Waals surface area contributed by atoms with Crippen molar-refractivity contribution >= 4 is 11.6 Å². The van der Waals surface area contributed by atoms with Crippen molar-refractivity contribution in [3.8, 4) is 0 Å². The molecular weight excluding hydrogens is 252 g/mol. The molecule has 0 nitrogen and oxygen atoms in total. The summed E-state index contributed by atoms with van der Waals surface area (Å²) in [6, 6.07) is 0. The van der Waals surface area contributed by atoms with Crippen LogP contribution in [-0.2, 0) is 0 Å². The van der Waals surface area contributed by atoms with Gasteiger partial charge in [0.2, 0.25) is 0 Å². The first kappa shape index (κ1) is 18.8. The highest BCUT2D eigenvalue weighted by atomic mass is 35.5. The third kappa shape index (κ3) is 17.8. The lowest BCUT2D eigenvalue weighted by atomic mass is 10.1. The summed E-state index contributed by atoms with van der Waals surface area (Å²) in [5, 5.41) is 0. The van der Waals surface area contributed by atoms with E-state index < -0.39 is 0 Å². The van der Waals surface area contributed by atoms with Crippen molar-refractivity contribution in [3.05, 3.63) is 24.3 Å². The molecule has 0 aromatic carbocycles. The lowest BCUT2D eigenvalue weighted by molar-refractivity contribution is 0.578. The second-order valence-corrected chi connectivity index (χ2v) is 5.68. The van der Waals surface area contributed by atoms with Crippen LogP contribution >= 0.6 is 11.6 Å². The van der Waals surface area contributed by atoms with E-state index in [4.69, 9.17) is 11.6 Å². The Labute approximate surface area is 126 Å². The summed E-state index contributed by atoms with van der Waals surface area (Å²) >= 11 is 5.65. The molecule has 0 atom stereocenters. The second kappa shape index (κ2) is 17.8. The van der Waals surface area contributed by atoms with Crippen molar-refractivity contribution in [1.29, 1.82) is 0 Å². The largest absolute Gasteiger partial charge is 0.127 e. The maximum absolute atomic E-state index is 5.65. The minimum atomic E-state index is 0.833. The molecule has 0 radical (unpaired) electrons. The van der Waals surface area contributed by atoms with Crippen molar-refractivity contribution < 1.29 is 0 Å². The fraction of sp³-hybridized carbons (Fsp3) is 0.778. The first-order valence-electron chi connectivity index (χ1n) is 8.29. The topological polar surface area (TPSA) is 0 Å². The molecule has 0 aromatic rings. The Balaban J connectivity index is 3.09. The van der Waals surface area contributed by atoms with Gasteiger partial charge < -0.3 is 0 Å². The molecule has 0 unspecified atom stereocenters. The van der Waals surface area contributed by atoms with Crippen molar-refractivity contribution in [2.45, 2.75) is 84.0 Å². The molecule has 19 heavy (non-hydrogen) atoms. The molecule has 0 spiro atoms. The zero-order valence-electron chi connectivity index (χ0n) is 12.9. The predicted molar refractivity (Wildman–Crippen MR) is 90.1 cm³/mol. The van der Waals surface area contributed by atoms with Gasteiger partial charge in [-0.15, -0.1) is 11.6 Å². The van der Waals surface area contributed by atoms with E-state index in [-0.39, 0.29) is 0 Å². The first-order chi connectivity index (χ1) is 9.41. The van der Waals surface area contributed by atoms with Crippen LogP contribution < -0.4 is 0 Å². The van der Waals surface area contributed by atoms with Crippen LogP contribution in [0.15, 0.2) is 24.3 Å². The molecule has 0 bridgehead atoms. The Morgan fingerprint density at radius 1 is 0.632 bits per heavy atom. The molecule has 0 aromatic heterocycles. The minimum absolute atomic E-state index is 0.833. The van der Waals surface area contributed by atoms with Gasteiger partial charge >= 0.3 is 0 Å². The maximum atomic E-state index is 5.65. The van der Waals surface area contributed by atoms with Crippen molar-refractivity contribution in [1.82, 2.24) is 0 Å². The van der Waals surface area contributed by atoms with Crippen LogP contribution in [0.3, 0.4) is 0 Å². The quantitative estimate of drug-likeness (QED) is 0.182. The standard InChI is InChI=1S/C18H33Cl/c1-2-3-4-5-6-7-8-9-10-11-12-13-14-15-16-17-18-19/h5-8H,2-4,9-18H2,1H3/b6-5+,8-7-. The monoisotopic (exact) mass is 284 g/mol. The van der Waals surface area contributed by atoms with Gasteiger partial charge in [0.05, 0.1) is 0 Å². The van der Waals surface area contributed by atoms with Gasteiger partial charge in [0.25, 0.3) is 0 Å². The third-order valence-corrected chi connectivity index (χ3v) is 3.63. The van der Waals surface area contributed by atoms with Crippen molar-refractivity contribution in [2.24, 2.45) is 0 Å². The molecule has 0 rings (SSSR count). The molecule has 0 saturated heterocycles. The highest BCUT2D eigenvalue weighted by molar-refractivity contribution is 6.17. The van der Waals surface area contributed by atoms with Crippen LogP contribution in [-0.4, -0.2) is 5.88 Å². The smallest absolute Gasteiger partial charge is 0.0223 e. The lowest BCUT2D eigenvalue weighted by Crippen LogP contribution is -1.81. The number of hydrogen-bond acceptors (Lipinski definition) is 0. The Kier molecular flexibility index (Phi) is 17.6. The maximum Gasteiger partial charge on any atom is 0.0223 e. The average Bonchev–Trinajstić information content (AvgIpc) is 2.43. The zero-order chi connectivity index (χ0) is 14.0. The molecule has 0 amide bonds. The molecule has 0 aliphatic rings. The Hall–Kier alpha value is -0.230. The van der Waals surface area contributed by atoms with Crippen molar-refractivity contribution in [2.75, 3.05) is 5.88 Å². The van der Waals surface area contributed by atoms with Crippen LogP contribution in [0.4, 0.5) is 0 Å². The molecule has 0 saturated carbocycles. The molecular formula is C18H33Cl. The summed E-state index contributed by atoms with van der Waals surface area (Å²) in [7, 11) is 0. The zero-order valence-corrected chi connectivity index (χ0v) is 13.6. The Morgan fingerprint density at radius 3 is 1.63 bits per heavy atom. The predicted octanol–water partition coefficient (Wildman–Crippen LogP) is 7.04. The van der Waals surface area contributed by atoms with E-state index in [2.05, 4.69) is 31.2 Å². The molecule has 0 aliphatic heterocycles. The van der Waals surface area contributed by atoms with E-state index in [1.165, 1.54) is 77.0 Å². The Bertz CT molecular complexity index is 206. The van der Waals surface area contributed by atoms with Crippen LogP contribution in [0, 0.1) is 0 Å². The van der Waals surface area contributed by atoms with Gasteiger partial charge in [0.15, 0.2) is 0 Å². The summed E-state index contributed by atoms with van der Waals surface area (Å²) in [5.74, 6) is 0.833. The van der Waals surface area contributed by atoms with Crippen LogP contribution in [0.5, 0.6) is 0 Å². The summed E-state index contributed by atoms with van der Waals surface area (Å²) in [5.41, 5.74) is 0. The van der Waals surface area contributed by atoms with E-state index in [1.54, 1.807) is 0 Å². The number of halogens is 1. The van der Waals surface area contributed by atoms with Gasteiger partial charge in [0, 0.05) is 5.88 Å². The first-order valence-corrected chi connectivity index (χ1v) is 8.83. The lowest BCUT2D eigenvalue weighted by Gasteiger charge is -2.00. The second-order valence-electron chi connectivity index (χ2n) is 5.30. The highest BCUT2D eigenvalue weighted by Crippen LogP contribution is 2.10. The van der Waals surface area contributed by atoms with Gasteiger partial charge in [-0.25, -0.2) is 0 Å². The van der Waals surface area contributed by atoms with Gasteiger partial charge in [-0.2, -0.15) is 0 Å². The van der Waals surface area contributed by atoms with E-state index in [1.807, 2.05) is 0 Å². The molecule has 0 N–H and O–H groups in total. The summed E-state index contributed by atoms with van der Waals surface area (Å²) in [4.78, 5) is 0.